The number of likely N-dealkylation sites (tertiary alicyclic amines) is 1. The molecule has 0 aromatic carbocycles. The maximum Gasteiger partial charge on any atom is 0.243 e. The fraction of sp³-hybridized carbons (Fsp3) is 0.900. The topological polar surface area (TPSA) is 69.2 Å². The molecule has 2 saturated heterocycles. The second-order valence-corrected chi connectivity index (χ2v) is 7.82. The summed E-state index contributed by atoms with van der Waals surface area (Å²) < 4.78 is 5.80. The molecule has 7 nitrogen and oxygen atoms in total. The van der Waals surface area contributed by atoms with Gasteiger partial charge in [0, 0.05) is 39.8 Å². The van der Waals surface area contributed by atoms with E-state index >= 15 is 0 Å². The van der Waals surface area contributed by atoms with Gasteiger partial charge in [0.2, 0.25) is 5.91 Å². The van der Waals surface area contributed by atoms with Crippen molar-refractivity contribution in [3.63, 3.8) is 0 Å². The van der Waals surface area contributed by atoms with E-state index in [2.05, 4.69) is 27.4 Å². The van der Waals surface area contributed by atoms with Crippen molar-refractivity contribution in [1.29, 1.82) is 0 Å². The van der Waals surface area contributed by atoms with Gasteiger partial charge in [0.05, 0.1) is 6.10 Å². The molecule has 2 rings (SSSR count). The van der Waals surface area contributed by atoms with Gasteiger partial charge in [-0.3, -0.25) is 9.69 Å². The number of nitrogens with zero attached hydrogens (tertiary/aromatic N) is 3. The van der Waals surface area contributed by atoms with Crippen LogP contribution in [0.25, 0.3) is 0 Å². The second-order valence-electron chi connectivity index (χ2n) is 7.82. The highest BCUT2D eigenvalue weighted by molar-refractivity contribution is 14.0. The molecular formula is C20H40IN5O2. The number of likely N-dealkylation sites (N-methyl/N-ethyl adjacent to an activating group) is 2. The Kier molecular flexibility index (Phi) is 13.1. The van der Waals surface area contributed by atoms with Crippen LogP contribution in [-0.4, -0.2) is 87.2 Å². The average molecular weight is 509 g/mol. The lowest BCUT2D eigenvalue weighted by Crippen LogP contribution is -2.45. The van der Waals surface area contributed by atoms with E-state index in [9.17, 15) is 4.79 Å². The van der Waals surface area contributed by atoms with Crippen LogP contribution in [0.15, 0.2) is 4.99 Å². The fourth-order valence-corrected chi connectivity index (χ4v) is 3.79. The molecule has 2 heterocycles. The van der Waals surface area contributed by atoms with Crippen LogP contribution in [0.5, 0.6) is 0 Å². The highest BCUT2D eigenvalue weighted by Gasteiger charge is 2.22. The number of carbonyl (C=O) groups is 1. The standard InChI is InChI=1S/C20H39N5O2.HI/c1-4-25-13-8-9-17(25)15-22-20(23-16-19(26)24(2)3)21-12-7-11-18-10-5-6-14-27-18;/h17-18H,4-16H2,1-3H3,(H2,21,22,23);1H. The summed E-state index contributed by atoms with van der Waals surface area (Å²) in [7, 11) is 3.53. The highest BCUT2D eigenvalue weighted by Crippen LogP contribution is 2.17. The summed E-state index contributed by atoms with van der Waals surface area (Å²) in [6.07, 6.45) is 8.72. The molecule has 1 amide bonds. The van der Waals surface area contributed by atoms with Gasteiger partial charge in [-0.05, 0) is 58.0 Å². The highest BCUT2D eigenvalue weighted by atomic mass is 127. The first-order valence-corrected chi connectivity index (χ1v) is 10.7. The van der Waals surface area contributed by atoms with E-state index in [1.807, 2.05) is 0 Å². The first-order valence-electron chi connectivity index (χ1n) is 10.7. The first kappa shape index (κ1) is 25.4. The normalized spacial score (nSPS) is 23.2. The molecule has 0 aromatic heterocycles. The number of hydrogen-bond acceptors (Lipinski definition) is 4. The van der Waals surface area contributed by atoms with Gasteiger partial charge in [-0.15, -0.1) is 24.0 Å². The van der Waals surface area contributed by atoms with Crippen molar-refractivity contribution in [2.45, 2.75) is 64.0 Å². The SMILES string of the molecule is CCN1CCCC1CNC(=NCC(=O)N(C)C)NCCCC1CCCCO1.I. The van der Waals surface area contributed by atoms with Gasteiger partial charge in [-0.2, -0.15) is 0 Å². The largest absolute Gasteiger partial charge is 0.378 e. The van der Waals surface area contributed by atoms with Crippen molar-refractivity contribution in [2.24, 2.45) is 4.99 Å². The number of aliphatic imine (C=N–C) groups is 1. The van der Waals surface area contributed by atoms with Gasteiger partial charge >= 0.3 is 0 Å². The summed E-state index contributed by atoms with van der Waals surface area (Å²) in [5, 5.41) is 6.86. The zero-order valence-electron chi connectivity index (χ0n) is 17.9. The van der Waals surface area contributed by atoms with Crippen LogP contribution in [0.2, 0.25) is 0 Å². The Morgan fingerprint density at radius 1 is 1.21 bits per heavy atom. The number of amides is 1. The van der Waals surface area contributed by atoms with Crippen molar-refractivity contribution in [2.75, 3.05) is 53.4 Å². The Labute approximate surface area is 188 Å². The summed E-state index contributed by atoms with van der Waals surface area (Å²) >= 11 is 0. The molecule has 2 fully saturated rings. The molecule has 0 aliphatic carbocycles. The summed E-state index contributed by atoms with van der Waals surface area (Å²) in [6.45, 7) is 7.31. The number of carbonyl (C=O) groups excluding carboxylic acids is 1. The van der Waals surface area contributed by atoms with Crippen molar-refractivity contribution < 1.29 is 9.53 Å². The van der Waals surface area contributed by atoms with Crippen LogP contribution >= 0.6 is 24.0 Å². The lowest BCUT2D eigenvalue weighted by Gasteiger charge is -2.24. The number of rotatable bonds is 9. The van der Waals surface area contributed by atoms with Gasteiger partial charge in [0.15, 0.2) is 5.96 Å². The minimum atomic E-state index is 0. The third-order valence-corrected chi connectivity index (χ3v) is 5.55. The van der Waals surface area contributed by atoms with Gasteiger partial charge < -0.3 is 20.3 Å². The van der Waals surface area contributed by atoms with E-state index in [1.54, 1.807) is 19.0 Å². The Morgan fingerprint density at radius 3 is 2.71 bits per heavy atom. The van der Waals surface area contributed by atoms with Crippen molar-refractivity contribution >= 4 is 35.8 Å². The third-order valence-electron chi connectivity index (χ3n) is 5.55. The fourth-order valence-electron chi connectivity index (χ4n) is 3.79. The molecule has 8 heteroatoms. The van der Waals surface area contributed by atoms with E-state index in [0.717, 1.165) is 45.0 Å². The number of guanidine groups is 1. The smallest absolute Gasteiger partial charge is 0.243 e. The van der Waals surface area contributed by atoms with Crippen LogP contribution in [-0.2, 0) is 9.53 Å². The second kappa shape index (κ2) is 14.4. The zero-order chi connectivity index (χ0) is 19.5. The molecule has 0 saturated carbocycles. The Bertz CT molecular complexity index is 470. The van der Waals surface area contributed by atoms with E-state index in [1.165, 1.54) is 38.6 Å². The molecule has 0 radical (unpaired) electrons. The molecule has 0 aromatic rings. The molecular weight excluding hydrogens is 469 g/mol. The summed E-state index contributed by atoms with van der Waals surface area (Å²) in [5.74, 6) is 0.764. The number of halogens is 1. The van der Waals surface area contributed by atoms with Crippen molar-refractivity contribution in [1.82, 2.24) is 20.4 Å². The lowest BCUT2D eigenvalue weighted by atomic mass is 10.0. The van der Waals surface area contributed by atoms with Gasteiger partial charge in [-0.1, -0.05) is 6.92 Å². The number of ether oxygens (including phenoxy) is 1. The maximum absolute atomic E-state index is 11.9. The zero-order valence-corrected chi connectivity index (χ0v) is 20.2. The minimum Gasteiger partial charge on any atom is -0.378 e. The van der Waals surface area contributed by atoms with Crippen LogP contribution in [0, 0.1) is 0 Å². The molecule has 2 aliphatic rings. The number of nitrogens with one attached hydrogen (secondary N) is 2. The molecule has 2 N–H and O–H groups in total. The Balaban J connectivity index is 0.00000392. The Morgan fingerprint density at radius 2 is 2.04 bits per heavy atom. The van der Waals surface area contributed by atoms with Crippen LogP contribution in [0.4, 0.5) is 0 Å². The maximum atomic E-state index is 11.9. The van der Waals surface area contributed by atoms with E-state index in [-0.39, 0.29) is 36.4 Å². The van der Waals surface area contributed by atoms with E-state index in [4.69, 9.17) is 4.74 Å². The van der Waals surface area contributed by atoms with Crippen molar-refractivity contribution in [3.8, 4) is 0 Å². The summed E-state index contributed by atoms with van der Waals surface area (Å²) in [6, 6.07) is 0.558. The predicted molar refractivity (Wildman–Crippen MR) is 126 cm³/mol. The van der Waals surface area contributed by atoms with Crippen molar-refractivity contribution in [3.05, 3.63) is 0 Å². The predicted octanol–water partition coefficient (Wildman–Crippen LogP) is 2.06. The molecule has 164 valence electrons. The molecule has 0 bridgehead atoms. The first-order chi connectivity index (χ1) is 13.1. The number of hydrogen-bond donors (Lipinski definition) is 2. The Hall–Kier alpha value is -0.610. The average Bonchev–Trinajstić information content (AvgIpc) is 3.14. The van der Waals surface area contributed by atoms with Crippen LogP contribution in [0.3, 0.4) is 0 Å². The molecule has 2 aliphatic heterocycles. The third kappa shape index (κ3) is 9.26. The monoisotopic (exact) mass is 509 g/mol. The van der Waals surface area contributed by atoms with Crippen LogP contribution in [0.1, 0.15) is 51.9 Å². The molecule has 2 unspecified atom stereocenters. The van der Waals surface area contributed by atoms with E-state index in [0.29, 0.717) is 12.1 Å². The van der Waals surface area contributed by atoms with Crippen LogP contribution < -0.4 is 10.6 Å². The summed E-state index contributed by atoms with van der Waals surface area (Å²) in [5.41, 5.74) is 0. The van der Waals surface area contributed by atoms with Gasteiger partial charge in [0.1, 0.15) is 6.54 Å². The lowest BCUT2D eigenvalue weighted by molar-refractivity contribution is -0.127. The molecule has 2 atom stereocenters. The molecule has 28 heavy (non-hydrogen) atoms. The van der Waals surface area contributed by atoms with E-state index < -0.39 is 0 Å². The van der Waals surface area contributed by atoms with Gasteiger partial charge in [-0.25, -0.2) is 4.99 Å². The quantitative estimate of drug-likeness (QED) is 0.216. The van der Waals surface area contributed by atoms with Gasteiger partial charge in [0.25, 0.3) is 0 Å². The summed E-state index contributed by atoms with van der Waals surface area (Å²) in [4.78, 5) is 20.5. The molecule has 0 spiro atoms. The minimum absolute atomic E-state index is 0.